The molecule has 0 fully saturated rings. The lowest BCUT2D eigenvalue weighted by Gasteiger charge is -2.09. The van der Waals surface area contributed by atoms with Crippen molar-refractivity contribution >= 4 is 11.8 Å². The van der Waals surface area contributed by atoms with Gasteiger partial charge in [-0.25, -0.2) is 0 Å². The number of benzene rings is 1. The molecule has 0 saturated carbocycles. The number of aromatic nitrogens is 2. The summed E-state index contributed by atoms with van der Waals surface area (Å²) in [5.41, 5.74) is 8.62. The van der Waals surface area contributed by atoms with Gasteiger partial charge in [-0.15, -0.1) is 11.8 Å². The number of nitrogens with two attached hydrogens (primary N) is 1. The summed E-state index contributed by atoms with van der Waals surface area (Å²) in [6, 6.07) is 8.56. The van der Waals surface area contributed by atoms with Crippen LogP contribution in [0.3, 0.4) is 0 Å². The van der Waals surface area contributed by atoms with Gasteiger partial charge in [-0.05, 0) is 25.5 Å². The molecule has 102 valence electrons. The lowest BCUT2D eigenvalue weighted by atomic mass is 10.2. The maximum absolute atomic E-state index is 6.22. The van der Waals surface area contributed by atoms with Gasteiger partial charge < -0.3 is 5.73 Å². The van der Waals surface area contributed by atoms with E-state index in [4.69, 9.17) is 5.73 Å². The summed E-state index contributed by atoms with van der Waals surface area (Å²) < 4.78 is 1.96. The molecule has 2 N–H and O–H groups in total. The zero-order valence-corrected chi connectivity index (χ0v) is 12.4. The molecule has 0 amide bonds. The monoisotopic (exact) mass is 275 g/mol. The predicted octanol–water partition coefficient (Wildman–Crippen LogP) is 3.39. The van der Waals surface area contributed by atoms with Crippen LogP contribution in [0, 0.1) is 6.92 Å². The first kappa shape index (κ1) is 14.2. The molecule has 0 bridgehead atoms. The maximum Gasteiger partial charge on any atom is 0.0537 e. The van der Waals surface area contributed by atoms with E-state index in [9.17, 15) is 0 Å². The normalized spacial score (nSPS) is 12.6. The zero-order chi connectivity index (χ0) is 13.7. The van der Waals surface area contributed by atoms with E-state index in [1.165, 1.54) is 10.5 Å². The van der Waals surface area contributed by atoms with Gasteiger partial charge in [0.05, 0.1) is 6.20 Å². The van der Waals surface area contributed by atoms with Gasteiger partial charge in [0.2, 0.25) is 0 Å². The van der Waals surface area contributed by atoms with E-state index in [1.807, 2.05) is 10.9 Å². The van der Waals surface area contributed by atoms with Gasteiger partial charge in [0.15, 0.2) is 0 Å². The minimum Gasteiger partial charge on any atom is -0.323 e. The standard InChI is InChI=1S/C15H21N3S/c1-3-7-18-10-13(9-17-18)15(16)11-19-14-6-4-5-12(2)8-14/h4-6,8-10,15H,3,7,11,16H2,1-2H3. The molecule has 0 radical (unpaired) electrons. The van der Waals surface area contributed by atoms with Crippen LogP contribution in [0.15, 0.2) is 41.6 Å². The van der Waals surface area contributed by atoms with Crippen molar-refractivity contribution in [2.45, 2.75) is 37.8 Å². The predicted molar refractivity (Wildman–Crippen MR) is 81.3 cm³/mol. The van der Waals surface area contributed by atoms with Crippen molar-refractivity contribution < 1.29 is 0 Å². The van der Waals surface area contributed by atoms with Gasteiger partial charge in [0, 0.05) is 35.0 Å². The Kier molecular flexibility index (Phi) is 5.05. The van der Waals surface area contributed by atoms with E-state index in [2.05, 4.69) is 49.4 Å². The average molecular weight is 275 g/mol. The number of hydrogen-bond acceptors (Lipinski definition) is 3. The highest BCUT2D eigenvalue weighted by molar-refractivity contribution is 7.99. The van der Waals surface area contributed by atoms with Crippen molar-refractivity contribution in [3.05, 3.63) is 47.8 Å². The van der Waals surface area contributed by atoms with E-state index < -0.39 is 0 Å². The molecule has 19 heavy (non-hydrogen) atoms. The number of thioether (sulfide) groups is 1. The minimum absolute atomic E-state index is 0.0381. The summed E-state index contributed by atoms with van der Waals surface area (Å²) in [4.78, 5) is 1.27. The fourth-order valence-electron chi connectivity index (χ4n) is 1.91. The molecule has 3 nitrogen and oxygen atoms in total. The first-order valence-corrected chi connectivity index (χ1v) is 7.65. The maximum atomic E-state index is 6.22. The molecule has 1 aromatic carbocycles. The number of nitrogens with zero attached hydrogens (tertiary/aromatic N) is 2. The van der Waals surface area contributed by atoms with Crippen LogP contribution in [0.1, 0.15) is 30.5 Å². The third kappa shape index (κ3) is 4.11. The van der Waals surface area contributed by atoms with Crippen LogP contribution in [-0.2, 0) is 6.54 Å². The third-order valence-corrected chi connectivity index (χ3v) is 4.07. The van der Waals surface area contributed by atoms with Gasteiger partial charge >= 0.3 is 0 Å². The second-order valence-corrected chi connectivity index (χ2v) is 5.86. The molecule has 1 aromatic heterocycles. The molecule has 0 aliphatic rings. The van der Waals surface area contributed by atoms with Gasteiger partial charge in [0.25, 0.3) is 0 Å². The SMILES string of the molecule is CCCn1cc(C(N)CSc2cccc(C)c2)cn1. The summed E-state index contributed by atoms with van der Waals surface area (Å²) in [6.07, 6.45) is 5.04. The zero-order valence-electron chi connectivity index (χ0n) is 11.5. The quantitative estimate of drug-likeness (QED) is 0.822. The second-order valence-electron chi connectivity index (χ2n) is 4.77. The van der Waals surface area contributed by atoms with Gasteiger partial charge in [-0.2, -0.15) is 5.10 Å². The fourth-order valence-corrected chi connectivity index (χ4v) is 2.92. The highest BCUT2D eigenvalue weighted by atomic mass is 32.2. The summed E-state index contributed by atoms with van der Waals surface area (Å²) in [6.45, 7) is 5.21. The smallest absolute Gasteiger partial charge is 0.0537 e. The van der Waals surface area contributed by atoms with Crippen LogP contribution >= 0.6 is 11.8 Å². The fraction of sp³-hybridized carbons (Fsp3) is 0.400. The van der Waals surface area contributed by atoms with Crippen LogP contribution in [-0.4, -0.2) is 15.5 Å². The van der Waals surface area contributed by atoms with E-state index >= 15 is 0 Å². The Bertz CT molecular complexity index is 522. The lowest BCUT2D eigenvalue weighted by Crippen LogP contribution is -2.12. The highest BCUT2D eigenvalue weighted by Gasteiger charge is 2.09. The molecule has 1 unspecified atom stereocenters. The molecular weight excluding hydrogens is 254 g/mol. The first-order chi connectivity index (χ1) is 9.19. The highest BCUT2D eigenvalue weighted by Crippen LogP contribution is 2.23. The van der Waals surface area contributed by atoms with E-state index in [-0.39, 0.29) is 6.04 Å². The Morgan fingerprint density at radius 2 is 2.26 bits per heavy atom. The molecular formula is C15H21N3S. The molecule has 0 spiro atoms. The van der Waals surface area contributed by atoms with Crippen molar-refractivity contribution in [1.82, 2.24) is 9.78 Å². The lowest BCUT2D eigenvalue weighted by molar-refractivity contribution is 0.601. The molecule has 4 heteroatoms. The minimum atomic E-state index is 0.0381. The van der Waals surface area contributed by atoms with Gasteiger partial charge in [-0.1, -0.05) is 24.6 Å². The average Bonchev–Trinajstić information content (AvgIpc) is 2.85. The van der Waals surface area contributed by atoms with Gasteiger partial charge in [-0.3, -0.25) is 4.68 Å². The van der Waals surface area contributed by atoms with Crippen LogP contribution in [0.4, 0.5) is 0 Å². The molecule has 0 aliphatic heterocycles. The Labute approximate surface area is 119 Å². The number of rotatable bonds is 6. The molecule has 0 saturated heterocycles. The summed E-state index contributed by atoms with van der Waals surface area (Å²) in [5, 5.41) is 4.32. The second kappa shape index (κ2) is 6.78. The van der Waals surface area contributed by atoms with Crippen LogP contribution in [0.25, 0.3) is 0 Å². The summed E-state index contributed by atoms with van der Waals surface area (Å²) in [5.74, 6) is 0.876. The first-order valence-electron chi connectivity index (χ1n) is 6.66. The third-order valence-electron chi connectivity index (χ3n) is 2.95. The van der Waals surface area contributed by atoms with Crippen molar-refractivity contribution in [2.24, 2.45) is 5.73 Å². The molecule has 0 aliphatic carbocycles. The molecule has 1 heterocycles. The summed E-state index contributed by atoms with van der Waals surface area (Å²) in [7, 11) is 0. The van der Waals surface area contributed by atoms with Crippen molar-refractivity contribution in [2.75, 3.05) is 5.75 Å². The Balaban J connectivity index is 1.91. The Hall–Kier alpha value is -1.26. The van der Waals surface area contributed by atoms with Crippen molar-refractivity contribution in [3.63, 3.8) is 0 Å². The Morgan fingerprint density at radius 3 is 3.00 bits per heavy atom. The Morgan fingerprint density at radius 1 is 1.42 bits per heavy atom. The van der Waals surface area contributed by atoms with Crippen LogP contribution in [0.5, 0.6) is 0 Å². The molecule has 2 rings (SSSR count). The van der Waals surface area contributed by atoms with E-state index in [0.717, 1.165) is 24.3 Å². The molecule has 1 atom stereocenters. The topological polar surface area (TPSA) is 43.8 Å². The van der Waals surface area contributed by atoms with E-state index in [0.29, 0.717) is 0 Å². The van der Waals surface area contributed by atoms with Crippen LogP contribution in [0.2, 0.25) is 0 Å². The molecule has 2 aromatic rings. The number of aryl methyl sites for hydroxylation is 2. The van der Waals surface area contributed by atoms with Crippen molar-refractivity contribution in [3.8, 4) is 0 Å². The van der Waals surface area contributed by atoms with Crippen LogP contribution < -0.4 is 5.73 Å². The number of hydrogen-bond donors (Lipinski definition) is 1. The largest absolute Gasteiger partial charge is 0.323 e. The van der Waals surface area contributed by atoms with Gasteiger partial charge in [0.1, 0.15) is 0 Å². The van der Waals surface area contributed by atoms with E-state index in [1.54, 1.807) is 11.8 Å². The van der Waals surface area contributed by atoms with Crippen molar-refractivity contribution in [1.29, 1.82) is 0 Å². The summed E-state index contributed by atoms with van der Waals surface area (Å²) >= 11 is 1.80.